The third-order valence-corrected chi connectivity index (χ3v) is 10.6. The summed E-state index contributed by atoms with van der Waals surface area (Å²) in [6.45, 7) is 18.4. The van der Waals surface area contributed by atoms with Crippen molar-refractivity contribution in [3.8, 4) is 22.8 Å². The van der Waals surface area contributed by atoms with Gasteiger partial charge in [-0.1, -0.05) is 31.2 Å². The second-order valence-electron chi connectivity index (χ2n) is 14.9. The highest BCUT2D eigenvalue weighted by Crippen LogP contribution is 2.37. The Labute approximate surface area is 293 Å². The van der Waals surface area contributed by atoms with Crippen LogP contribution in [-0.2, 0) is 16.2 Å². The van der Waals surface area contributed by atoms with E-state index >= 15 is 0 Å². The van der Waals surface area contributed by atoms with Crippen LogP contribution in [0.1, 0.15) is 57.7 Å². The number of amides is 1. The average Bonchev–Trinajstić information content (AvgIpc) is 3.57. The molecule has 49 heavy (non-hydrogen) atoms. The molecule has 11 nitrogen and oxygen atoms in total. The highest BCUT2D eigenvalue weighted by Gasteiger charge is 2.32. The molecule has 13 heteroatoms. The van der Waals surface area contributed by atoms with Crippen LogP contribution < -0.4 is 4.74 Å². The predicted molar refractivity (Wildman–Crippen MR) is 195 cm³/mol. The molecule has 0 bridgehead atoms. The molecule has 1 aliphatic heterocycles. The fourth-order valence-corrected chi connectivity index (χ4v) is 6.95. The molecular formula is C36H46ClN7O4Si. The second-order valence-corrected chi connectivity index (χ2v) is 20.9. The third-order valence-electron chi connectivity index (χ3n) is 8.57. The number of likely N-dealkylation sites (tertiary alicyclic amines) is 1. The van der Waals surface area contributed by atoms with Crippen molar-refractivity contribution in [3.05, 3.63) is 59.3 Å². The number of rotatable bonds is 9. The Morgan fingerprint density at radius 3 is 2.59 bits per heavy atom. The summed E-state index contributed by atoms with van der Waals surface area (Å²) in [5, 5.41) is 5.17. The van der Waals surface area contributed by atoms with Crippen molar-refractivity contribution < 1.29 is 19.0 Å². The zero-order valence-corrected chi connectivity index (χ0v) is 31.5. The Morgan fingerprint density at radius 1 is 1.06 bits per heavy atom. The molecule has 260 valence electrons. The van der Waals surface area contributed by atoms with Crippen LogP contribution in [0.5, 0.6) is 11.5 Å². The quantitative estimate of drug-likeness (QED) is 0.110. The third kappa shape index (κ3) is 7.92. The summed E-state index contributed by atoms with van der Waals surface area (Å²) in [6.07, 6.45) is 5.78. The number of benzene rings is 2. The van der Waals surface area contributed by atoms with E-state index in [-0.39, 0.29) is 12.3 Å². The largest absolute Gasteiger partial charge is 0.456 e. The minimum Gasteiger partial charge on any atom is -0.456 e. The van der Waals surface area contributed by atoms with E-state index in [2.05, 4.69) is 29.2 Å². The smallest absolute Gasteiger partial charge is 0.411 e. The minimum absolute atomic E-state index is 0.248. The SMILES string of the molecule is Cc1nn(C2CCCCN2C(=O)OC(C)(C)C)cc1-c1cnc2ccc(Oc3ccc4nc(C)n(COCC[Si](C)(C)C)c4c3)c(Cl)c2n1. The Morgan fingerprint density at radius 2 is 1.84 bits per heavy atom. The van der Waals surface area contributed by atoms with Gasteiger partial charge in [0.1, 0.15) is 46.4 Å². The van der Waals surface area contributed by atoms with Crippen molar-refractivity contribution >= 4 is 47.8 Å². The lowest BCUT2D eigenvalue weighted by Gasteiger charge is -2.36. The number of hydrogen-bond donors (Lipinski definition) is 0. The summed E-state index contributed by atoms with van der Waals surface area (Å²) < 4.78 is 22.0. The van der Waals surface area contributed by atoms with Gasteiger partial charge in [-0.2, -0.15) is 5.10 Å². The van der Waals surface area contributed by atoms with Crippen LogP contribution in [0.3, 0.4) is 0 Å². The number of halogens is 1. The first-order chi connectivity index (χ1) is 23.2. The Balaban J connectivity index is 1.25. The standard InChI is InChI=1S/C36H46ClN7O4Si/c1-23-26(21-44(41-23)32-11-9-10-16-42(32)35(45)48-36(3,4)5)29-20-38-28-14-15-31(33(37)34(28)40-29)47-25-12-13-27-30(19-25)43(24(2)39-27)22-46-17-18-49(6,7)8/h12-15,19-21,32H,9-11,16-18,22H2,1-8H3. The van der Waals surface area contributed by atoms with Crippen molar-refractivity contribution in [3.63, 3.8) is 0 Å². The van der Waals surface area contributed by atoms with Gasteiger partial charge in [-0.3, -0.25) is 9.88 Å². The number of ether oxygens (including phenoxy) is 3. The fraction of sp³-hybridized carbons (Fsp3) is 0.472. The first-order valence-corrected chi connectivity index (χ1v) is 21.0. The molecule has 1 saturated heterocycles. The van der Waals surface area contributed by atoms with Gasteiger partial charge >= 0.3 is 6.09 Å². The van der Waals surface area contributed by atoms with E-state index in [0.717, 1.165) is 60.0 Å². The van der Waals surface area contributed by atoms with Crippen LogP contribution in [0.2, 0.25) is 30.7 Å². The summed E-state index contributed by atoms with van der Waals surface area (Å²) in [6, 6.07) is 10.6. The molecule has 4 heterocycles. The number of hydrogen-bond acceptors (Lipinski definition) is 8. The molecule has 5 aromatic rings. The van der Waals surface area contributed by atoms with Gasteiger partial charge in [-0.05, 0) is 84.2 Å². The van der Waals surface area contributed by atoms with Crippen molar-refractivity contribution in [2.45, 2.75) is 98.1 Å². The highest BCUT2D eigenvalue weighted by atomic mass is 35.5. The number of piperidine rings is 1. The zero-order chi connectivity index (χ0) is 35.1. The molecule has 0 spiro atoms. The van der Waals surface area contributed by atoms with E-state index < -0.39 is 13.7 Å². The van der Waals surface area contributed by atoms with Crippen LogP contribution in [-0.4, -0.2) is 67.1 Å². The number of nitrogens with zero attached hydrogens (tertiary/aromatic N) is 7. The summed E-state index contributed by atoms with van der Waals surface area (Å²) in [7, 11) is -1.18. The maximum absolute atomic E-state index is 13.1. The molecule has 6 rings (SSSR count). The summed E-state index contributed by atoms with van der Waals surface area (Å²) in [4.78, 5) is 29.2. The summed E-state index contributed by atoms with van der Waals surface area (Å²) in [5.41, 5.74) is 4.61. The van der Waals surface area contributed by atoms with Gasteiger partial charge in [0.05, 0.1) is 34.1 Å². The van der Waals surface area contributed by atoms with E-state index in [0.29, 0.717) is 46.5 Å². The predicted octanol–water partition coefficient (Wildman–Crippen LogP) is 9.14. The molecule has 0 radical (unpaired) electrons. The number of aryl methyl sites for hydroxylation is 2. The number of carbonyl (C=O) groups excluding carboxylic acids is 1. The molecule has 1 atom stereocenters. The van der Waals surface area contributed by atoms with Gasteiger partial charge in [0.2, 0.25) is 0 Å². The molecule has 1 fully saturated rings. The molecular weight excluding hydrogens is 658 g/mol. The van der Waals surface area contributed by atoms with Crippen LogP contribution in [0.15, 0.2) is 42.7 Å². The Hall–Kier alpha value is -4.00. The van der Waals surface area contributed by atoms with Gasteiger partial charge in [0.15, 0.2) is 0 Å². The van der Waals surface area contributed by atoms with E-state index in [4.69, 9.17) is 40.9 Å². The lowest BCUT2D eigenvalue weighted by atomic mass is 10.1. The summed E-state index contributed by atoms with van der Waals surface area (Å²) in [5.74, 6) is 1.98. The molecule has 3 aromatic heterocycles. The first kappa shape index (κ1) is 34.8. The number of imidazole rings is 1. The number of carbonyl (C=O) groups is 1. The lowest BCUT2D eigenvalue weighted by Crippen LogP contribution is -2.44. The van der Waals surface area contributed by atoms with Crippen molar-refractivity contribution in [2.24, 2.45) is 0 Å². The van der Waals surface area contributed by atoms with E-state index in [1.165, 1.54) is 0 Å². The van der Waals surface area contributed by atoms with Crippen molar-refractivity contribution in [1.29, 1.82) is 0 Å². The highest BCUT2D eigenvalue weighted by molar-refractivity contribution is 6.76. The minimum atomic E-state index is -1.18. The van der Waals surface area contributed by atoms with Crippen LogP contribution in [0.25, 0.3) is 33.3 Å². The van der Waals surface area contributed by atoms with E-state index in [1.54, 1.807) is 11.1 Å². The molecule has 0 saturated carbocycles. The van der Waals surface area contributed by atoms with Crippen LogP contribution in [0.4, 0.5) is 4.79 Å². The molecule has 0 aliphatic carbocycles. The Bertz CT molecular complexity index is 2000. The lowest BCUT2D eigenvalue weighted by molar-refractivity contribution is -0.00350. The maximum Gasteiger partial charge on any atom is 0.411 e. The average molecular weight is 704 g/mol. The zero-order valence-electron chi connectivity index (χ0n) is 29.7. The topological polar surface area (TPSA) is 109 Å². The van der Waals surface area contributed by atoms with Crippen molar-refractivity contribution in [1.82, 2.24) is 34.2 Å². The maximum atomic E-state index is 13.1. The van der Waals surface area contributed by atoms with Gasteiger partial charge in [-0.25, -0.2) is 19.4 Å². The summed E-state index contributed by atoms with van der Waals surface area (Å²) >= 11 is 6.96. The second kappa shape index (κ2) is 13.7. The van der Waals surface area contributed by atoms with Gasteiger partial charge in [0, 0.05) is 39.1 Å². The monoisotopic (exact) mass is 703 g/mol. The van der Waals surface area contributed by atoms with Crippen LogP contribution in [0, 0.1) is 13.8 Å². The van der Waals surface area contributed by atoms with E-state index in [1.807, 2.05) is 75.8 Å². The fourth-order valence-electron chi connectivity index (χ4n) is 5.95. The van der Waals surface area contributed by atoms with E-state index in [9.17, 15) is 4.79 Å². The first-order valence-electron chi connectivity index (χ1n) is 16.9. The molecule has 0 N–H and O–H groups in total. The van der Waals surface area contributed by atoms with Crippen LogP contribution >= 0.6 is 11.6 Å². The normalized spacial score (nSPS) is 15.7. The molecule has 1 unspecified atom stereocenters. The van der Waals surface area contributed by atoms with Gasteiger partial charge < -0.3 is 18.8 Å². The number of fused-ring (bicyclic) bond motifs is 2. The molecule has 1 amide bonds. The van der Waals surface area contributed by atoms with Crippen molar-refractivity contribution in [2.75, 3.05) is 13.2 Å². The van der Waals surface area contributed by atoms with Gasteiger partial charge in [-0.15, -0.1) is 0 Å². The van der Waals surface area contributed by atoms with Gasteiger partial charge in [0.25, 0.3) is 0 Å². The number of aromatic nitrogens is 6. The molecule has 1 aliphatic rings. The molecule has 2 aromatic carbocycles. The Kier molecular flexibility index (Phi) is 9.76.